The second kappa shape index (κ2) is 4.46. The van der Waals surface area contributed by atoms with E-state index in [0.29, 0.717) is 5.76 Å². The van der Waals surface area contributed by atoms with Crippen molar-refractivity contribution in [3.8, 4) is 0 Å². The fourth-order valence-electron chi connectivity index (χ4n) is 2.40. The van der Waals surface area contributed by atoms with Gasteiger partial charge in [0.15, 0.2) is 11.5 Å². The normalized spacial score (nSPS) is 14.4. The topological polar surface area (TPSA) is 36.7 Å². The van der Waals surface area contributed by atoms with E-state index in [2.05, 4.69) is 29.0 Å². The molecule has 0 aliphatic carbocycles. The molecule has 1 aromatic carbocycles. The lowest BCUT2D eigenvalue weighted by molar-refractivity contribution is 0.0988. The molecule has 0 unspecified atom stereocenters. The fourth-order valence-corrected chi connectivity index (χ4v) is 2.40. The Morgan fingerprint density at radius 3 is 2.53 bits per heavy atom. The van der Waals surface area contributed by atoms with E-state index in [1.807, 2.05) is 18.2 Å². The van der Waals surface area contributed by atoms with Gasteiger partial charge in [-0.1, -0.05) is 12.1 Å². The predicted octanol–water partition coefficient (Wildman–Crippen LogP) is 3.07. The molecule has 0 saturated heterocycles. The van der Waals surface area contributed by atoms with Crippen LogP contribution in [0.5, 0.6) is 0 Å². The zero-order valence-electron chi connectivity index (χ0n) is 11.1. The van der Waals surface area contributed by atoms with Crippen LogP contribution in [0, 0.1) is 0 Å². The first-order chi connectivity index (χ1) is 9.16. The van der Waals surface area contributed by atoms with Crippen LogP contribution in [0.25, 0.3) is 0 Å². The van der Waals surface area contributed by atoms with Gasteiger partial charge in [0, 0.05) is 33.1 Å². The highest BCUT2D eigenvalue weighted by molar-refractivity contribution is 5.92. The van der Waals surface area contributed by atoms with E-state index in [9.17, 15) is 4.79 Å². The van der Waals surface area contributed by atoms with Crippen LogP contribution in [0.3, 0.4) is 0 Å². The summed E-state index contributed by atoms with van der Waals surface area (Å²) >= 11 is 0. The monoisotopic (exact) mass is 256 g/mol. The molecule has 0 spiro atoms. The summed E-state index contributed by atoms with van der Waals surface area (Å²) in [6.45, 7) is 3.28. The lowest BCUT2D eigenvalue weighted by Crippen LogP contribution is -2.36. The number of benzene rings is 1. The van der Waals surface area contributed by atoms with Crippen LogP contribution in [0.2, 0.25) is 0 Å². The van der Waals surface area contributed by atoms with Gasteiger partial charge in [-0.25, -0.2) is 0 Å². The van der Waals surface area contributed by atoms with Gasteiger partial charge < -0.3 is 14.2 Å². The molecule has 19 heavy (non-hydrogen) atoms. The number of likely N-dealkylation sites (N-methyl/N-ethyl adjacent to an activating group) is 1. The summed E-state index contributed by atoms with van der Waals surface area (Å²) in [7, 11) is 2.08. The molecule has 0 saturated carbocycles. The highest BCUT2D eigenvalue weighted by Gasteiger charge is 2.23. The number of Topliss-reactive ketones (excluding diaryl/α,β-unsaturated/α-hetero) is 1. The molecule has 1 aromatic heterocycles. The van der Waals surface area contributed by atoms with Crippen molar-refractivity contribution in [3.63, 3.8) is 0 Å². The zero-order valence-corrected chi connectivity index (χ0v) is 11.1. The summed E-state index contributed by atoms with van der Waals surface area (Å²) in [5.41, 5.74) is 2.29. The Labute approximate surface area is 112 Å². The van der Waals surface area contributed by atoms with Crippen LogP contribution in [-0.2, 0) is 0 Å². The molecule has 0 atom stereocenters. The van der Waals surface area contributed by atoms with E-state index in [1.54, 1.807) is 6.07 Å². The van der Waals surface area contributed by atoms with Gasteiger partial charge in [0.1, 0.15) is 0 Å². The number of carbonyl (C=O) groups excluding carboxylic acids is 1. The SMILES string of the molecule is CC(=O)c1ccc(N2CCN(C)c3ccccc32)o1. The third-order valence-corrected chi connectivity index (χ3v) is 3.45. The van der Waals surface area contributed by atoms with Crippen molar-refractivity contribution in [2.24, 2.45) is 0 Å². The van der Waals surface area contributed by atoms with E-state index < -0.39 is 0 Å². The minimum Gasteiger partial charge on any atom is -0.437 e. The van der Waals surface area contributed by atoms with Crippen molar-refractivity contribution in [3.05, 3.63) is 42.2 Å². The van der Waals surface area contributed by atoms with Gasteiger partial charge in [-0.2, -0.15) is 0 Å². The minimum absolute atomic E-state index is 0.0475. The fraction of sp³-hybridized carbons (Fsp3) is 0.267. The van der Waals surface area contributed by atoms with E-state index in [4.69, 9.17) is 4.42 Å². The summed E-state index contributed by atoms with van der Waals surface area (Å²) < 4.78 is 5.63. The number of para-hydroxylation sites is 2. The average molecular weight is 256 g/mol. The molecule has 2 heterocycles. The smallest absolute Gasteiger partial charge is 0.200 e. The number of carbonyl (C=O) groups is 1. The van der Waals surface area contributed by atoms with Crippen molar-refractivity contribution in [1.82, 2.24) is 0 Å². The average Bonchev–Trinajstić information content (AvgIpc) is 2.89. The summed E-state index contributed by atoms with van der Waals surface area (Å²) in [5.74, 6) is 1.09. The molecule has 4 nitrogen and oxygen atoms in total. The van der Waals surface area contributed by atoms with Gasteiger partial charge in [0.2, 0.25) is 5.88 Å². The molecule has 3 rings (SSSR count). The maximum atomic E-state index is 11.3. The molecule has 0 radical (unpaired) electrons. The summed E-state index contributed by atoms with van der Waals surface area (Å²) in [5, 5.41) is 0. The van der Waals surface area contributed by atoms with Gasteiger partial charge in [-0.3, -0.25) is 4.79 Å². The molecule has 98 valence electrons. The Kier molecular flexibility index (Phi) is 2.78. The number of hydrogen-bond donors (Lipinski definition) is 0. The van der Waals surface area contributed by atoms with E-state index in [0.717, 1.165) is 24.7 Å². The Morgan fingerprint density at radius 2 is 1.84 bits per heavy atom. The van der Waals surface area contributed by atoms with Gasteiger partial charge in [0.25, 0.3) is 0 Å². The molecule has 2 aromatic rings. The van der Waals surface area contributed by atoms with Crippen LogP contribution >= 0.6 is 0 Å². The number of rotatable bonds is 2. The van der Waals surface area contributed by atoms with Gasteiger partial charge in [0.05, 0.1) is 11.4 Å². The van der Waals surface area contributed by atoms with Crippen molar-refractivity contribution in [1.29, 1.82) is 0 Å². The zero-order chi connectivity index (χ0) is 13.4. The maximum absolute atomic E-state index is 11.3. The van der Waals surface area contributed by atoms with Crippen molar-refractivity contribution in [2.45, 2.75) is 6.92 Å². The Hall–Kier alpha value is -2.23. The molecule has 4 heteroatoms. The number of ketones is 1. The molecular formula is C15H16N2O2. The van der Waals surface area contributed by atoms with Crippen molar-refractivity contribution < 1.29 is 9.21 Å². The number of furan rings is 1. The van der Waals surface area contributed by atoms with Gasteiger partial charge in [-0.15, -0.1) is 0 Å². The third-order valence-electron chi connectivity index (χ3n) is 3.45. The highest BCUT2D eigenvalue weighted by atomic mass is 16.4. The summed E-state index contributed by atoms with van der Waals surface area (Å²) in [4.78, 5) is 15.7. The van der Waals surface area contributed by atoms with Crippen LogP contribution in [-0.4, -0.2) is 25.9 Å². The first-order valence-corrected chi connectivity index (χ1v) is 6.35. The highest BCUT2D eigenvalue weighted by Crippen LogP contribution is 2.37. The van der Waals surface area contributed by atoms with Crippen LogP contribution in [0.1, 0.15) is 17.5 Å². The first-order valence-electron chi connectivity index (χ1n) is 6.35. The van der Waals surface area contributed by atoms with Crippen LogP contribution in [0.4, 0.5) is 17.3 Å². The number of hydrogen-bond acceptors (Lipinski definition) is 4. The maximum Gasteiger partial charge on any atom is 0.200 e. The molecule has 1 aliphatic heterocycles. The molecule has 0 amide bonds. The standard InChI is InChI=1S/C15H16N2O2/c1-11(18)14-7-8-15(19-14)17-10-9-16(2)12-5-3-4-6-13(12)17/h3-8H,9-10H2,1-2H3. The molecule has 0 bridgehead atoms. The van der Waals surface area contributed by atoms with Crippen LogP contribution in [0.15, 0.2) is 40.8 Å². The van der Waals surface area contributed by atoms with Crippen molar-refractivity contribution >= 4 is 23.0 Å². The van der Waals surface area contributed by atoms with Crippen LogP contribution < -0.4 is 9.80 Å². The Morgan fingerprint density at radius 1 is 1.11 bits per heavy atom. The molecule has 0 N–H and O–H groups in total. The predicted molar refractivity (Wildman–Crippen MR) is 75.4 cm³/mol. The second-order valence-corrected chi connectivity index (χ2v) is 4.76. The molecule has 1 aliphatic rings. The minimum atomic E-state index is -0.0475. The van der Waals surface area contributed by atoms with Gasteiger partial charge >= 0.3 is 0 Å². The Balaban J connectivity index is 2.02. The summed E-state index contributed by atoms with van der Waals surface area (Å²) in [6, 6.07) is 11.8. The van der Waals surface area contributed by atoms with E-state index in [-0.39, 0.29) is 5.78 Å². The quantitative estimate of drug-likeness (QED) is 0.774. The molecule has 0 fully saturated rings. The van der Waals surface area contributed by atoms with E-state index in [1.165, 1.54) is 12.6 Å². The van der Waals surface area contributed by atoms with E-state index >= 15 is 0 Å². The first kappa shape index (κ1) is 11.8. The lowest BCUT2D eigenvalue weighted by atomic mass is 10.2. The number of nitrogens with zero attached hydrogens (tertiary/aromatic N) is 2. The second-order valence-electron chi connectivity index (χ2n) is 4.76. The molecular weight excluding hydrogens is 240 g/mol. The Bertz CT molecular complexity index is 618. The number of fused-ring (bicyclic) bond motifs is 1. The summed E-state index contributed by atoms with van der Waals surface area (Å²) in [6.07, 6.45) is 0. The largest absolute Gasteiger partial charge is 0.437 e. The van der Waals surface area contributed by atoms with Crippen molar-refractivity contribution in [2.75, 3.05) is 29.9 Å². The van der Waals surface area contributed by atoms with Gasteiger partial charge in [-0.05, 0) is 18.2 Å². The third kappa shape index (κ3) is 1.99. The lowest BCUT2D eigenvalue weighted by Gasteiger charge is -2.35. The number of anilines is 3.